The number of fused-ring (bicyclic) bond motifs is 4. The molecule has 1 spiro atoms. The molecule has 9 nitrogen and oxygen atoms in total. The highest BCUT2D eigenvalue weighted by Gasteiger charge is 2.55. The summed E-state index contributed by atoms with van der Waals surface area (Å²) in [6.45, 7) is 5.65. The zero-order valence-corrected chi connectivity index (χ0v) is 21.7. The number of carbonyl (C=O) groups excluding carboxylic acids is 1. The van der Waals surface area contributed by atoms with Crippen LogP contribution in [0.15, 0.2) is 36.4 Å². The molecule has 0 radical (unpaired) electrons. The maximum absolute atomic E-state index is 13.3. The number of nitrogens with one attached hydrogen (secondary N) is 1. The van der Waals surface area contributed by atoms with Gasteiger partial charge in [0.2, 0.25) is 0 Å². The van der Waals surface area contributed by atoms with Crippen molar-refractivity contribution in [3.05, 3.63) is 53.3 Å². The summed E-state index contributed by atoms with van der Waals surface area (Å²) >= 11 is 0. The fraction of sp³-hybridized carbons (Fsp3) is 0.483. The lowest BCUT2D eigenvalue weighted by molar-refractivity contribution is -0.181. The predicted molar refractivity (Wildman–Crippen MR) is 139 cm³/mol. The second-order valence-corrected chi connectivity index (χ2v) is 11.4. The topological polar surface area (TPSA) is 125 Å². The number of phenols is 1. The quantitative estimate of drug-likeness (QED) is 0.460. The molecule has 0 aliphatic carbocycles. The number of aryl methyl sites for hydroxylation is 1. The highest BCUT2D eigenvalue weighted by molar-refractivity contribution is 5.97. The largest absolute Gasteiger partial charge is 0.504 e. The fourth-order valence-electron chi connectivity index (χ4n) is 6.62. The van der Waals surface area contributed by atoms with Gasteiger partial charge >= 0.3 is 5.97 Å². The summed E-state index contributed by atoms with van der Waals surface area (Å²) in [6, 6.07) is 10.9. The van der Waals surface area contributed by atoms with E-state index < -0.39 is 11.6 Å². The van der Waals surface area contributed by atoms with Crippen molar-refractivity contribution in [1.82, 2.24) is 14.9 Å². The molecule has 3 atom stereocenters. The molecule has 1 aromatic heterocycles. The molecule has 200 valence electrons. The fourth-order valence-corrected chi connectivity index (χ4v) is 6.62. The zero-order valence-electron chi connectivity index (χ0n) is 21.7. The Kier molecular flexibility index (Phi) is 5.86. The van der Waals surface area contributed by atoms with Gasteiger partial charge in [-0.1, -0.05) is 12.1 Å². The zero-order chi connectivity index (χ0) is 26.7. The van der Waals surface area contributed by atoms with Crippen molar-refractivity contribution in [2.45, 2.75) is 57.7 Å². The van der Waals surface area contributed by atoms with E-state index in [2.05, 4.69) is 9.97 Å². The average molecular weight is 520 g/mol. The minimum absolute atomic E-state index is 0.0142. The van der Waals surface area contributed by atoms with E-state index in [1.165, 1.54) is 0 Å². The first kappa shape index (κ1) is 24.7. The van der Waals surface area contributed by atoms with E-state index in [1.807, 2.05) is 43.0 Å². The summed E-state index contributed by atoms with van der Waals surface area (Å²) in [7, 11) is 0. The molecule has 2 fully saturated rings. The normalized spacial score (nSPS) is 26.0. The molecular weight excluding hydrogens is 486 g/mol. The summed E-state index contributed by atoms with van der Waals surface area (Å²) < 4.78 is 12.9. The van der Waals surface area contributed by atoms with Crippen LogP contribution in [0, 0.1) is 18.3 Å². The number of hydrogen-bond donors (Lipinski definition) is 3. The van der Waals surface area contributed by atoms with E-state index in [1.54, 1.807) is 12.1 Å². The van der Waals surface area contributed by atoms with Gasteiger partial charge < -0.3 is 29.6 Å². The van der Waals surface area contributed by atoms with E-state index in [4.69, 9.17) is 9.47 Å². The number of H-pyrrole nitrogens is 1. The van der Waals surface area contributed by atoms with E-state index in [9.17, 15) is 19.8 Å². The maximum Gasteiger partial charge on any atom is 0.303 e. The third-order valence-electron chi connectivity index (χ3n) is 8.83. The number of aromatic amines is 1. The number of hydrogen-bond acceptors (Lipinski definition) is 6. The van der Waals surface area contributed by atoms with E-state index in [0.717, 1.165) is 41.7 Å². The molecular formula is C29H33N3O6. The Morgan fingerprint density at radius 2 is 2.00 bits per heavy atom. The summed E-state index contributed by atoms with van der Waals surface area (Å²) in [5.74, 6) is 0.318. The number of aromatic hydroxyl groups is 1. The van der Waals surface area contributed by atoms with Crippen LogP contribution in [0.3, 0.4) is 0 Å². The van der Waals surface area contributed by atoms with Gasteiger partial charge in [-0.2, -0.15) is 0 Å². The third kappa shape index (κ3) is 4.18. The van der Waals surface area contributed by atoms with Crippen molar-refractivity contribution in [3.63, 3.8) is 0 Å². The van der Waals surface area contributed by atoms with Gasteiger partial charge in [0, 0.05) is 36.6 Å². The number of imidazole rings is 1. The van der Waals surface area contributed by atoms with Crippen LogP contribution in [-0.2, 0) is 9.53 Å². The smallest absolute Gasteiger partial charge is 0.303 e. The summed E-state index contributed by atoms with van der Waals surface area (Å²) in [5, 5.41) is 19.9. The Bertz CT molecular complexity index is 1410. The number of phenolic OH excluding ortho intramolecular Hbond substituents is 1. The number of carboxylic acids is 1. The number of para-hydroxylation sites is 1. The number of amides is 1. The van der Waals surface area contributed by atoms with E-state index >= 15 is 0 Å². The first-order chi connectivity index (χ1) is 18.2. The molecule has 0 bridgehead atoms. The van der Waals surface area contributed by atoms with Gasteiger partial charge in [-0.05, 0) is 69.2 Å². The van der Waals surface area contributed by atoms with Gasteiger partial charge in [0.1, 0.15) is 11.4 Å². The van der Waals surface area contributed by atoms with Crippen molar-refractivity contribution in [1.29, 1.82) is 0 Å². The molecule has 0 saturated carbocycles. The van der Waals surface area contributed by atoms with Crippen molar-refractivity contribution >= 4 is 22.9 Å². The van der Waals surface area contributed by atoms with Gasteiger partial charge in [-0.3, -0.25) is 9.59 Å². The van der Waals surface area contributed by atoms with Gasteiger partial charge in [0.05, 0.1) is 23.7 Å². The molecule has 3 aromatic rings. The summed E-state index contributed by atoms with van der Waals surface area (Å²) in [4.78, 5) is 34.3. The molecule has 1 amide bonds. The summed E-state index contributed by atoms with van der Waals surface area (Å²) in [6.07, 6.45) is 2.42. The van der Waals surface area contributed by atoms with Crippen molar-refractivity contribution < 1.29 is 29.3 Å². The minimum atomic E-state index is -0.879. The number of rotatable bonds is 4. The number of likely N-dealkylation sites (tertiary alicyclic amines) is 1. The Morgan fingerprint density at radius 1 is 1.21 bits per heavy atom. The van der Waals surface area contributed by atoms with Gasteiger partial charge in [-0.25, -0.2) is 4.98 Å². The molecule has 2 saturated heterocycles. The number of ether oxygens (including phenoxy) is 2. The van der Waals surface area contributed by atoms with Crippen LogP contribution < -0.4 is 4.74 Å². The lowest BCUT2D eigenvalue weighted by Crippen LogP contribution is -2.55. The predicted octanol–water partition coefficient (Wildman–Crippen LogP) is 4.59. The van der Waals surface area contributed by atoms with Crippen LogP contribution in [0.4, 0.5) is 0 Å². The number of carbonyl (C=O) groups is 2. The lowest BCUT2D eigenvalue weighted by Gasteiger charge is -2.55. The number of benzene rings is 2. The first-order valence-electron chi connectivity index (χ1n) is 13.3. The number of aliphatic carboxylic acids is 1. The molecule has 9 heteroatoms. The van der Waals surface area contributed by atoms with Crippen molar-refractivity contribution in [2.24, 2.45) is 11.3 Å². The Labute approximate surface area is 220 Å². The van der Waals surface area contributed by atoms with Crippen molar-refractivity contribution in [3.8, 4) is 11.5 Å². The van der Waals surface area contributed by atoms with Crippen LogP contribution in [0.5, 0.6) is 11.5 Å². The highest BCUT2D eigenvalue weighted by Crippen LogP contribution is 2.58. The molecule has 0 unspecified atom stereocenters. The average Bonchev–Trinajstić information content (AvgIpc) is 3.28. The van der Waals surface area contributed by atoms with E-state index in [-0.39, 0.29) is 35.5 Å². The lowest BCUT2D eigenvalue weighted by atomic mass is 9.63. The van der Waals surface area contributed by atoms with Gasteiger partial charge in [-0.15, -0.1) is 0 Å². The first-order valence-corrected chi connectivity index (χ1v) is 13.3. The summed E-state index contributed by atoms with van der Waals surface area (Å²) in [5.41, 5.74) is 2.25. The molecule has 4 heterocycles. The molecule has 3 aliphatic heterocycles. The molecule has 3 N–H and O–H groups in total. The minimum Gasteiger partial charge on any atom is -0.504 e. The SMILES string of the molecule is Cc1nc2ccc(C(=O)N3CCC4(CC3)CO[C@H]3c5cccc(O)c5O[C@@](C)(CCC(=O)O)[C@@H]3C4)cc2[nH]1. The number of piperidine rings is 1. The molecule has 3 aliphatic rings. The number of carboxylic acid groups (broad SMARTS) is 1. The monoisotopic (exact) mass is 519 g/mol. The third-order valence-corrected chi connectivity index (χ3v) is 8.83. The number of nitrogens with zero attached hydrogens (tertiary/aromatic N) is 2. The van der Waals surface area contributed by atoms with Crippen LogP contribution in [0.2, 0.25) is 0 Å². The van der Waals surface area contributed by atoms with Gasteiger partial charge in [0.15, 0.2) is 11.5 Å². The second kappa shape index (κ2) is 9.01. The Morgan fingerprint density at radius 3 is 2.76 bits per heavy atom. The highest BCUT2D eigenvalue weighted by atomic mass is 16.5. The standard InChI is InChI=1S/C29H33N3O6/c1-17-30-21-7-6-18(14-22(21)31-17)27(36)32-12-10-29(11-13-32)15-20-25(37-16-29)19-4-3-5-23(33)26(19)38-28(20,2)9-8-24(34)35/h3-7,14,20,25,33H,8-13,15-16H2,1-2H3,(H,30,31)(H,34,35)/t20-,25+,28+/m1/s1. The number of aromatic nitrogens is 2. The van der Waals surface area contributed by atoms with Crippen molar-refractivity contribution in [2.75, 3.05) is 19.7 Å². The van der Waals surface area contributed by atoms with Crippen LogP contribution in [0.25, 0.3) is 11.0 Å². The van der Waals surface area contributed by atoms with Gasteiger partial charge in [0.25, 0.3) is 5.91 Å². The molecule has 38 heavy (non-hydrogen) atoms. The molecule has 2 aromatic carbocycles. The second-order valence-electron chi connectivity index (χ2n) is 11.4. The van der Waals surface area contributed by atoms with Crippen LogP contribution in [0.1, 0.15) is 66.9 Å². The van der Waals surface area contributed by atoms with Crippen LogP contribution in [-0.4, -0.2) is 62.3 Å². The molecule has 6 rings (SSSR count). The Hall–Kier alpha value is -3.59. The van der Waals surface area contributed by atoms with Crippen LogP contribution >= 0.6 is 0 Å². The van der Waals surface area contributed by atoms with E-state index in [0.29, 0.717) is 37.4 Å². The Balaban J connectivity index is 1.21. The maximum atomic E-state index is 13.3.